The van der Waals surface area contributed by atoms with Gasteiger partial charge in [0.15, 0.2) is 0 Å². The van der Waals surface area contributed by atoms with Crippen molar-refractivity contribution in [1.82, 2.24) is 14.8 Å². The van der Waals surface area contributed by atoms with Gasteiger partial charge in [0.25, 0.3) is 5.56 Å². The molecule has 0 saturated heterocycles. The molecule has 0 radical (unpaired) electrons. The van der Waals surface area contributed by atoms with Crippen molar-refractivity contribution in [3.63, 3.8) is 0 Å². The lowest BCUT2D eigenvalue weighted by molar-refractivity contribution is 0.707. The van der Waals surface area contributed by atoms with Gasteiger partial charge < -0.3 is 5.32 Å². The Kier molecular flexibility index (Phi) is 4.22. The summed E-state index contributed by atoms with van der Waals surface area (Å²) in [6.07, 6.45) is 3.30. The lowest BCUT2D eigenvalue weighted by atomic mass is 10.1. The maximum Gasteiger partial charge on any atom is 0.287 e. The normalized spacial score (nSPS) is 12.1. The molecule has 5 nitrogen and oxygen atoms in total. The van der Waals surface area contributed by atoms with E-state index >= 15 is 0 Å². The highest BCUT2D eigenvalue weighted by Gasteiger charge is 2.19. The van der Waals surface area contributed by atoms with E-state index in [4.69, 9.17) is 11.6 Å². The molecule has 0 spiro atoms. The Hall–Kier alpha value is -2.18. The average Bonchev–Trinajstić information content (AvgIpc) is 3.07. The molecule has 1 N–H and O–H groups in total. The molecule has 3 rings (SSSR count). The number of hydrogen-bond donors (Lipinski definition) is 1. The summed E-state index contributed by atoms with van der Waals surface area (Å²) < 4.78 is 1.20. The molecule has 0 aliphatic carbocycles. The zero-order chi connectivity index (χ0) is 15.5. The summed E-state index contributed by atoms with van der Waals surface area (Å²) in [4.78, 5) is 16.3. The highest BCUT2D eigenvalue weighted by molar-refractivity contribution is 7.09. The first-order chi connectivity index (χ1) is 10.7. The van der Waals surface area contributed by atoms with E-state index in [1.54, 1.807) is 19.4 Å². The number of nitrogens with one attached hydrogen (secondary N) is 1. The molecular weight excluding hydrogens is 320 g/mol. The third kappa shape index (κ3) is 2.88. The van der Waals surface area contributed by atoms with Crippen molar-refractivity contribution in [2.24, 2.45) is 7.05 Å². The van der Waals surface area contributed by atoms with E-state index in [1.165, 1.54) is 16.0 Å². The second-order valence-corrected chi connectivity index (χ2v) is 5.96. The topological polar surface area (TPSA) is 59.8 Å². The number of nitrogens with zero attached hydrogens (tertiary/aromatic N) is 3. The Morgan fingerprint density at radius 2 is 2.09 bits per heavy atom. The van der Waals surface area contributed by atoms with Gasteiger partial charge in [-0.3, -0.25) is 4.79 Å². The molecule has 2 heterocycles. The van der Waals surface area contributed by atoms with Crippen LogP contribution >= 0.6 is 22.9 Å². The van der Waals surface area contributed by atoms with Crippen LogP contribution in [0.15, 0.2) is 52.9 Å². The van der Waals surface area contributed by atoms with Crippen LogP contribution in [0, 0.1) is 0 Å². The van der Waals surface area contributed by atoms with Gasteiger partial charge in [0, 0.05) is 18.6 Å². The summed E-state index contributed by atoms with van der Waals surface area (Å²) in [6, 6.07) is 9.69. The first-order valence-electron chi connectivity index (χ1n) is 6.59. The summed E-state index contributed by atoms with van der Waals surface area (Å²) in [5.74, 6) is 0. The Balaban J connectivity index is 2.02. The molecule has 1 unspecified atom stereocenters. The predicted molar refractivity (Wildman–Crippen MR) is 88.5 cm³/mol. The zero-order valence-electron chi connectivity index (χ0n) is 11.7. The summed E-state index contributed by atoms with van der Waals surface area (Å²) in [5, 5.41) is 10.2. The van der Waals surface area contributed by atoms with Crippen molar-refractivity contribution < 1.29 is 0 Å². The average molecular weight is 333 g/mol. The van der Waals surface area contributed by atoms with Gasteiger partial charge in [0.1, 0.15) is 16.1 Å². The first-order valence-corrected chi connectivity index (χ1v) is 7.85. The van der Waals surface area contributed by atoms with E-state index in [0.717, 1.165) is 10.6 Å². The number of aryl methyl sites for hydroxylation is 1. The second kappa shape index (κ2) is 6.29. The van der Waals surface area contributed by atoms with Crippen molar-refractivity contribution in [2.75, 3.05) is 5.32 Å². The van der Waals surface area contributed by atoms with Crippen LogP contribution in [0.4, 0.5) is 5.69 Å². The minimum absolute atomic E-state index is 0.120. The fraction of sp³-hybridized carbons (Fsp3) is 0.133. The number of anilines is 1. The highest BCUT2D eigenvalue weighted by atomic mass is 35.5. The lowest BCUT2D eigenvalue weighted by Gasteiger charge is -2.18. The van der Waals surface area contributed by atoms with Crippen LogP contribution in [0.2, 0.25) is 5.02 Å². The number of rotatable bonds is 4. The maximum atomic E-state index is 11.9. The number of thiazole rings is 1. The number of hydrogen-bond acceptors (Lipinski definition) is 5. The summed E-state index contributed by atoms with van der Waals surface area (Å²) in [6.45, 7) is 0. The fourth-order valence-electron chi connectivity index (χ4n) is 2.08. The first kappa shape index (κ1) is 14.7. The third-order valence-electron chi connectivity index (χ3n) is 3.21. The molecule has 0 saturated carbocycles. The number of halogens is 1. The van der Waals surface area contributed by atoms with E-state index in [9.17, 15) is 4.79 Å². The van der Waals surface area contributed by atoms with Gasteiger partial charge in [0.05, 0.1) is 11.9 Å². The quantitative estimate of drug-likeness (QED) is 0.797. The third-order valence-corrected chi connectivity index (χ3v) is 4.41. The van der Waals surface area contributed by atoms with Crippen molar-refractivity contribution in [2.45, 2.75) is 6.04 Å². The van der Waals surface area contributed by atoms with Gasteiger partial charge in [-0.2, -0.15) is 5.10 Å². The van der Waals surface area contributed by atoms with E-state index in [0.29, 0.717) is 5.69 Å². The fourth-order valence-corrected chi connectivity index (χ4v) is 3.02. The Labute approximate surface area is 136 Å². The van der Waals surface area contributed by atoms with E-state index in [1.807, 2.05) is 35.7 Å². The molecule has 0 fully saturated rings. The molecule has 7 heteroatoms. The van der Waals surface area contributed by atoms with Gasteiger partial charge in [-0.15, -0.1) is 11.3 Å². The van der Waals surface area contributed by atoms with Gasteiger partial charge in [0.2, 0.25) is 0 Å². The Morgan fingerprint density at radius 1 is 1.32 bits per heavy atom. The predicted octanol–water partition coefficient (Wildman–Crippen LogP) is 3.09. The molecule has 0 bridgehead atoms. The van der Waals surface area contributed by atoms with Crippen molar-refractivity contribution in [3.8, 4) is 0 Å². The summed E-state index contributed by atoms with van der Waals surface area (Å²) >= 11 is 7.68. The van der Waals surface area contributed by atoms with Gasteiger partial charge >= 0.3 is 0 Å². The van der Waals surface area contributed by atoms with Crippen LogP contribution in [-0.2, 0) is 7.05 Å². The molecule has 0 amide bonds. The molecule has 1 atom stereocenters. The van der Waals surface area contributed by atoms with Crippen LogP contribution in [0.1, 0.15) is 16.6 Å². The second-order valence-electron chi connectivity index (χ2n) is 4.66. The lowest BCUT2D eigenvalue weighted by Crippen LogP contribution is -2.22. The summed E-state index contributed by atoms with van der Waals surface area (Å²) in [7, 11) is 1.56. The molecule has 1 aromatic carbocycles. The molecule has 112 valence electrons. The largest absolute Gasteiger partial charge is 0.369 e. The highest BCUT2D eigenvalue weighted by Crippen LogP contribution is 2.29. The van der Waals surface area contributed by atoms with E-state index < -0.39 is 0 Å². The molecule has 0 aliphatic heterocycles. The van der Waals surface area contributed by atoms with Crippen LogP contribution < -0.4 is 10.9 Å². The van der Waals surface area contributed by atoms with E-state index in [2.05, 4.69) is 15.4 Å². The van der Waals surface area contributed by atoms with Crippen LogP contribution in [0.3, 0.4) is 0 Å². The monoisotopic (exact) mass is 332 g/mol. The van der Waals surface area contributed by atoms with Gasteiger partial charge in [-0.05, 0) is 5.56 Å². The molecule has 0 aliphatic rings. The van der Waals surface area contributed by atoms with Crippen molar-refractivity contribution in [1.29, 1.82) is 0 Å². The molecule has 2 aromatic heterocycles. The zero-order valence-corrected chi connectivity index (χ0v) is 13.3. The number of benzene rings is 1. The van der Waals surface area contributed by atoms with Crippen molar-refractivity contribution in [3.05, 3.63) is 74.1 Å². The van der Waals surface area contributed by atoms with Gasteiger partial charge in [-0.25, -0.2) is 9.67 Å². The van der Waals surface area contributed by atoms with Crippen LogP contribution in [0.25, 0.3) is 0 Å². The molecule has 3 aromatic rings. The molecular formula is C15H13ClN4OS. The SMILES string of the molecule is Cn1ncc(NC(c2ccccc2)c2nccs2)c(Cl)c1=O. The summed E-state index contributed by atoms with van der Waals surface area (Å²) in [5.41, 5.74) is 1.20. The van der Waals surface area contributed by atoms with E-state index in [-0.39, 0.29) is 16.6 Å². The Morgan fingerprint density at radius 3 is 2.77 bits per heavy atom. The standard InChI is InChI=1S/C15H13ClN4OS/c1-20-15(21)12(16)11(9-18-20)19-13(14-17-7-8-22-14)10-5-3-2-4-6-10/h2-9,13,19H,1H3. The Bertz CT molecular complexity index is 817. The van der Waals surface area contributed by atoms with Crippen molar-refractivity contribution >= 4 is 28.6 Å². The minimum Gasteiger partial charge on any atom is -0.369 e. The van der Waals surface area contributed by atoms with Crippen LogP contribution in [0.5, 0.6) is 0 Å². The minimum atomic E-state index is -0.336. The maximum absolute atomic E-state index is 11.9. The smallest absolute Gasteiger partial charge is 0.287 e. The van der Waals surface area contributed by atoms with Crippen LogP contribution in [-0.4, -0.2) is 14.8 Å². The number of aromatic nitrogens is 3. The molecule has 22 heavy (non-hydrogen) atoms. The van der Waals surface area contributed by atoms with Gasteiger partial charge in [-0.1, -0.05) is 41.9 Å².